The van der Waals surface area contributed by atoms with Crippen molar-refractivity contribution in [2.75, 3.05) is 13.6 Å². The lowest BCUT2D eigenvalue weighted by atomic mass is 10.0. The standard InChI is InChI=1S/C32H39N3O4S/c1-24-13-17-27(18-14-24)22-35(31(36)23-34(3)40(38,39)29-19-15-25(2)16-20-29)30(21-26-9-5-4-6-10-26)32(37)33-28-11-7-8-12-28/h4-6,9-10,13-20,28,30H,7-8,11-12,21-23H2,1-3H3,(H,33,37)/t30-/m1/s1. The highest BCUT2D eigenvalue weighted by molar-refractivity contribution is 7.89. The molecule has 0 heterocycles. The van der Waals surface area contributed by atoms with Crippen molar-refractivity contribution in [1.82, 2.24) is 14.5 Å². The molecule has 1 atom stereocenters. The normalized spacial score (nSPS) is 14.7. The Morgan fingerprint density at radius 2 is 1.43 bits per heavy atom. The minimum absolute atomic E-state index is 0.0895. The van der Waals surface area contributed by atoms with Crippen LogP contribution in [-0.4, -0.2) is 55.1 Å². The van der Waals surface area contributed by atoms with Crippen LogP contribution in [-0.2, 0) is 32.6 Å². The van der Waals surface area contributed by atoms with Gasteiger partial charge in [0, 0.05) is 26.1 Å². The summed E-state index contributed by atoms with van der Waals surface area (Å²) in [5.41, 5.74) is 3.83. The number of carbonyl (C=O) groups excluding carboxylic acids is 2. The summed E-state index contributed by atoms with van der Waals surface area (Å²) in [7, 11) is -2.50. The lowest BCUT2D eigenvalue weighted by molar-refractivity contribution is -0.141. The summed E-state index contributed by atoms with van der Waals surface area (Å²) >= 11 is 0. The number of rotatable bonds is 11. The number of likely N-dealkylation sites (N-methyl/N-ethyl adjacent to an activating group) is 1. The number of benzene rings is 3. The molecule has 0 bridgehead atoms. The Labute approximate surface area is 238 Å². The Morgan fingerprint density at radius 1 is 0.850 bits per heavy atom. The molecule has 1 N–H and O–H groups in total. The van der Waals surface area contributed by atoms with Crippen LogP contribution in [0.15, 0.2) is 83.8 Å². The van der Waals surface area contributed by atoms with E-state index in [-0.39, 0.29) is 29.9 Å². The number of hydrogen-bond donors (Lipinski definition) is 1. The fourth-order valence-electron chi connectivity index (χ4n) is 5.07. The topological polar surface area (TPSA) is 86.8 Å². The van der Waals surface area contributed by atoms with Gasteiger partial charge in [0.25, 0.3) is 0 Å². The number of nitrogens with one attached hydrogen (secondary N) is 1. The Balaban J connectivity index is 1.65. The fraction of sp³-hybridized carbons (Fsp3) is 0.375. The number of carbonyl (C=O) groups is 2. The Hall–Kier alpha value is -3.49. The van der Waals surface area contributed by atoms with Crippen molar-refractivity contribution in [3.05, 3.63) is 101 Å². The third-order valence-corrected chi connectivity index (χ3v) is 9.35. The first kappa shape index (κ1) is 29.5. The summed E-state index contributed by atoms with van der Waals surface area (Å²) in [6, 6.07) is 23.3. The Bertz CT molecular complexity index is 1380. The first-order valence-electron chi connectivity index (χ1n) is 13.9. The third kappa shape index (κ3) is 7.58. The fourth-order valence-corrected chi connectivity index (χ4v) is 6.19. The molecular weight excluding hydrogens is 522 g/mol. The van der Waals surface area contributed by atoms with E-state index in [4.69, 9.17) is 0 Å². The monoisotopic (exact) mass is 561 g/mol. The largest absolute Gasteiger partial charge is 0.352 e. The van der Waals surface area contributed by atoms with Gasteiger partial charge in [0.05, 0.1) is 11.4 Å². The van der Waals surface area contributed by atoms with Crippen molar-refractivity contribution in [1.29, 1.82) is 0 Å². The molecule has 1 fully saturated rings. The Kier molecular flexibility index (Phi) is 9.76. The molecule has 0 aliphatic heterocycles. The molecule has 0 aromatic heterocycles. The first-order chi connectivity index (χ1) is 19.1. The molecule has 2 amide bonds. The Morgan fingerprint density at radius 3 is 2.02 bits per heavy atom. The van der Waals surface area contributed by atoms with Crippen LogP contribution in [0.1, 0.15) is 47.9 Å². The number of nitrogens with zero attached hydrogens (tertiary/aromatic N) is 2. The molecule has 1 aliphatic rings. The zero-order chi connectivity index (χ0) is 28.7. The van der Waals surface area contributed by atoms with E-state index >= 15 is 0 Å². The highest BCUT2D eigenvalue weighted by Crippen LogP contribution is 2.21. The second kappa shape index (κ2) is 13.2. The summed E-state index contributed by atoms with van der Waals surface area (Å²) in [4.78, 5) is 29.4. The van der Waals surface area contributed by atoms with Gasteiger partial charge in [-0.3, -0.25) is 9.59 Å². The lowest BCUT2D eigenvalue weighted by Gasteiger charge is -2.33. The van der Waals surface area contributed by atoms with Gasteiger partial charge < -0.3 is 10.2 Å². The van der Waals surface area contributed by atoms with Crippen molar-refractivity contribution >= 4 is 21.8 Å². The average Bonchev–Trinajstić information content (AvgIpc) is 3.45. The molecule has 0 spiro atoms. The van der Waals surface area contributed by atoms with Crippen molar-refractivity contribution in [3.8, 4) is 0 Å². The molecule has 1 aliphatic carbocycles. The van der Waals surface area contributed by atoms with E-state index in [1.54, 1.807) is 29.2 Å². The zero-order valence-corrected chi connectivity index (χ0v) is 24.4. The lowest BCUT2D eigenvalue weighted by Crippen LogP contribution is -2.54. The van der Waals surface area contributed by atoms with Crippen molar-refractivity contribution < 1.29 is 18.0 Å². The van der Waals surface area contributed by atoms with Gasteiger partial charge in [-0.15, -0.1) is 0 Å². The van der Waals surface area contributed by atoms with Crippen molar-refractivity contribution in [2.45, 2.75) is 69.5 Å². The molecule has 212 valence electrons. The smallest absolute Gasteiger partial charge is 0.243 e. The molecule has 3 aromatic carbocycles. The molecule has 4 rings (SSSR count). The van der Waals surface area contributed by atoms with E-state index in [1.807, 2.05) is 68.4 Å². The average molecular weight is 562 g/mol. The molecule has 0 unspecified atom stereocenters. The highest BCUT2D eigenvalue weighted by atomic mass is 32.2. The minimum atomic E-state index is -3.90. The maximum absolute atomic E-state index is 14.0. The SMILES string of the molecule is Cc1ccc(CN(C(=O)CN(C)S(=O)(=O)c2ccc(C)cc2)[C@H](Cc2ccccc2)C(=O)NC2CCCC2)cc1. The van der Waals surface area contributed by atoms with Gasteiger partial charge in [0.2, 0.25) is 21.8 Å². The van der Waals surface area contributed by atoms with Crippen LogP contribution in [0.25, 0.3) is 0 Å². The van der Waals surface area contributed by atoms with E-state index < -0.39 is 22.0 Å². The quantitative estimate of drug-likeness (QED) is 0.370. The van der Waals surface area contributed by atoms with Crippen molar-refractivity contribution in [2.24, 2.45) is 0 Å². The van der Waals surface area contributed by atoms with E-state index in [0.29, 0.717) is 6.42 Å². The second-order valence-corrected chi connectivity index (χ2v) is 12.8. The molecule has 1 saturated carbocycles. The number of amides is 2. The summed E-state index contributed by atoms with van der Waals surface area (Å²) < 4.78 is 27.7. The molecule has 7 nitrogen and oxygen atoms in total. The van der Waals surface area contributed by atoms with Crippen LogP contribution in [0.2, 0.25) is 0 Å². The predicted octanol–water partition coefficient (Wildman–Crippen LogP) is 4.62. The summed E-state index contributed by atoms with van der Waals surface area (Å²) in [5.74, 6) is -0.637. The number of hydrogen-bond acceptors (Lipinski definition) is 4. The minimum Gasteiger partial charge on any atom is -0.352 e. The summed E-state index contributed by atoms with van der Waals surface area (Å²) in [6.07, 6.45) is 4.32. The number of sulfonamides is 1. The van der Waals surface area contributed by atoms with E-state index in [1.165, 1.54) is 7.05 Å². The van der Waals surface area contributed by atoms with Gasteiger partial charge in [0.15, 0.2) is 0 Å². The first-order valence-corrected chi connectivity index (χ1v) is 15.3. The van der Waals surface area contributed by atoms with Gasteiger partial charge in [0.1, 0.15) is 6.04 Å². The van der Waals surface area contributed by atoms with Gasteiger partial charge in [-0.05, 0) is 49.9 Å². The number of aryl methyl sites for hydroxylation is 2. The van der Waals surface area contributed by atoms with Crippen LogP contribution < -0.4 is 5.32 Å². The maximum Gasteiger partial charge on any atom is 0.243 e. The molecule has 0 radical (unpaired) electrons. The van der Waals surface area contributed by atoms with E-state index in [0.717, 1.165) is 52.2 Å². The second-order valence-electron chi connectivity index (χ2n) is 10.8. The maximum atomic E-state index is 14.0. The van der Waals surface area contributed by atoms with E-state index in [2.05, 4.69) is 5.32 Å². The molecule has 8 heteroatoms. The van der Waals surface area contributed by atoms with Gasteiger partial charge in [-0.1, -0.05) is 90.7 Å². The van der Waals surface area contributed by atoms with Crippen molar-refractivity contribution in [3.63, 3.8) is 0 Å². The van der Waals surface area contributed by atoms with Gasteiger partial charge in [-0.25, -0.2) is 8.42 Å². The molecule has 3 aromatic rings. The highest BCUT2D eigenvalue weighted by Gasteiger charge is 2.34. The van der Waals surface area contributed by atoms with E-state index in [9.17, 15) is 18.0 Å². The molecule has 0 saturated heterocycles. The van der Waals surface area contributed by atoms with Crippen LogP contribution in [0.5, 0.6) is 0 Å². The zero-order valence-electron chi connectivity index (χ0n) is 23.5. The summed E-state index contributed by atoms with van der Waals surface area (Å²) in [6.45, 7) is 3.68. The van der Waals surface area contributed by atoms with Gasteiger partial charge in [-0.2, -0.15) is 4.31 Å². The van der Waals surface area contributed by atoms with Crippen LogP contribution in [0, 0.1) is 13.8 Å². The van der Waals surface area contributed by atoms with Crippen LogP contribution in [0.4, 0.5) is 0 Å². The molecular formula is C32H39N3O4S. The van der Waals surface area contributed by atoms with Gasteiger partial charge >= 0.3 is 0 Å². The van der Waals surface area contributed by atoms with Crippen LogP contribution in [0.3, 0.4) is 0 Å². The third-order valence-electron chi connectivity index (χ3n) is 7.53. The van der Waals surface area contributed by atoms with Crippen LogP contribution >= 0.6 is 0 Å². The predicted molar refractivity (Wildman–Crippen MR) is 157 cm³/mol. The molecule has 40 heavy (non-hydrogen) atoms. The summed E-state index contributed by atoms with van der Waals surface area (Å²) in [5, 5.41) is 3.18.